The summed E-state index contributed by atoms with van der Waals surface area (Å²) in [5, 5.41) is 0. The maximum Gasteiger partial charge on any atom is 0.124 e. The van der Waals surface area contributed by atoms with E-state index in [1.807, 2.05) is 0 Å². The molecular formula is C30H57NO3S. The summed E-state index contributed by atoms with van der Waals surface area (Å²) in [5.74, 6) is 0. The van der Waals surface area contributed by atoms with Gasteiger partial charge < -0.3 is 9.04 Å². The molecule has 0 heterocycles. The monoisotopic (exact) mass is 511 g/mol. The molecule has 0 unspecified atom stereocenters. The Hall–Kier alpha value is -0.910. The lowest BCUT2D eigenvalue weighted by Crippen LogP contribution is -2.50. The van der Waals surface area contributed by atoms with Gasteiger partial charge >= 0.3 is 0 Å². The number of aryl methyl sites for hydroxylation is 1. The van der Waals surface area contributed by atoms with E-state index >= 15 is 0 Å². The molecule has 5 heteroatoms. The fourth-order valence-corrected chi connectivity index (χ4v) is 6.06. The summed E-state index contributed by atoms with van der Waals surface area (Å²) < 4.78 is 34.9. The number of nitrogens with zero attached hydrogens (tertiary/aromatic N) is 1. The van der Waals surface area contributed by atoms with Gasteiger partial charge in [0.05, 0.1) is 31.1 Å². The highest BCUT2D eigenvalue weighted by molar-refractivity contribution is 7.85. The van der Waals surface area contributed by atoms with Gasteiger partial charge in [-0.3, -0.25) is 0 Å². The third-order valence-corrected chi connectivity index (χ3v) is 7.77. The van der Waals surface area contributed by atoms with Crippen LogP contribution in [0.25, 0.3) is 0 Å². The van der Waals surface area contributed by atoms with Crippen molar-refractivity contribution in [2.24, 2.45) is 0 Å². The van der Waals surface area contributed by atoms with E-state index in [1.165, 1.54) is 114 Å². The Bertz CT molecular complexity index is 689. The standard InChI is InChI=1S/C18H30O3S.C12H28N/c1-2-3-4-5-6-7-8-9-10-11-14-17-15-12-13-16-18(17)22(19,20)21;1-5-9-13(10-6-2,11-7-3)12-8-4/h12-13,15-16H,2-11,14H2,1H3,(H,19,20,21);5-12H2,1-4H3/q;+1/p-1. The topological polar surface area (TPSA) is 57.2 Å². The molecule has 0 fully saturated rings. The maximum atomic E-state index is 11.2. The first-order valence-electron chi connectivity index (χ1n) is 14.7. The van der Waals surface area contributed by atoms with E-state index in [-0.39, 0.29) is 4.90 Å². The molecule has 0 radical (unpaired) electrons. The lowest BCUT2D eigenvalue weighted by Gasteiger charge is -2.38. The van der Waals surface area contributed by atoms with Gasteiger partial charge in [0, 0.05) is 0 Å². The summed E-state index contributed by atoms with van der Waals surface area (Å²) in [6, 6.07) is 6.56. The van der Waals surface area contributed by atoms with E-state index < -0.39 is 10.1 Å². The summed E-state index contributed by atoms with van der Waals surface area (Å²) in [4.78, 5) is -0.0501. The maximum absolute atomic E-state index is 11.2. The molecule has 1 aromatic carbocycles. The van der Waals surface area contributed by atoms with Gasteiger partial charge in [-0.25, -0.2) is 8.42 Å². The van der Waals surface area contributed by atoms with Crippen molar-refractivity contribution in [3.63, 3.8) is 0 Å². The van der Waals surface area contributed by atoms with Crippen LogP contribution in [0.3, 0.4) is 0 Å². The van der Waals surface area contributed by atoms with Crippen molar-refractivity contribution in [1.82, 2.24) is 0 Å². The second kappa shape index (κ2) is 21.2. The lowest BCUT2D eigenvalue weighted by molar-refractivity contribution is -0.928. The molecular weight excluding hydrogens is 454 g/mol. The minimum atomic E-state index is -4.35. The van der Waals surface area contributed by atoms with Crippen LogP contribution >= 0.6 is 0 Å². The minimum absolute atomic E-state index is 0.0501. The fraction of sp³-hybridized carbons (Fsp3) is 0.800. The number of hydrogen-bond donors (Lipinski definition) is 0. The summed E-state index contributed by atoms with van der Waals surface area (Å²) in [7, 11) is -4.35. The van der Waals surface area contributed by atoms with Gasteiger partial charge in [0.2, 0.25) is 0 Å². The second-order valence-corrected chi connectivity index (χ2v) is 11.6. The summed E-state index contributed by atoms with van der Waals surface area (Å²) in [6.45, 7) is 17.0. The van der Waals surface area contributed by atoms with Gasteiger partial charge in [0.15, 0.2) is 0 Å². The first-order chi connectivity index (χ1) is 16.8. The zero-order valence-electron chi connectivity index (χ0n) is 23.8. The van der Waals surface area contributed by atoms with Crippen LogP contribution in [0.5, 0.6) is 0 Å². The first-order valence-corrected chi connectivity index (χ1v) is 16.1. The molecule has 0 aliphatic rings. The van der Waals surface area contributed by atoms with Crippen LogP contribution in [0.1, 0.15) is 130 Å². The SMILES string of the molecule is CCCCCCCCCCCCc1ccccc1S(=O)(=O)[O-].CCC[N+](CCC)(CCC)CCC. The minimum Gasteiger partial charge on any atom is -0.744 e. The lowest BCUT2D eigenvalue weighted by atomic mass is 10.0. The van der Waals surface area contributed by atoms with Crippen molar-refractivity contribution in [1.29, 1.82) is 0 Å². The highest BCUT2D eigenvalue weighted by Crippen LogP contribution is 2.18. The summed E-state index contributed by atoms with van der Waals surface area (Å²) in [5.41, 5.74) is 0.664. The number of rotatable bonds is 20. The third kappa shape index (κ3) is 16.5. The molecule has 0 aliphatic carbocycles. The van der Waals surface area contributed by atoms with Crippen molar-refractivity contribution in [2.45, 2.75) is 136 Å². The highest BCUT2D eigenvalue weighted by Gasteiger charge is 2.22. The molecule has 206 valence electrons. The highest BCUT2D eigenvalue weighted by atomic mass is 32.2. The molecule has 0 amide bonds. The molecule has 0 saturated carbocycles. The molecule has 0 aromatic heterocycles. The predicted octanol–water partition coefficient (Wildman–Crippen LogP) is 8.50. The zero-order valence-corrected chi connectivity index (χ0v) is 24.6. The average Bonchev–Trinajstić information content (AvgIpc) is 2.81. The number of quaternary nitrogens is 1. The Morgan fingerprint density at radius 1 is 0.600 bits per heavy atom. The third-order valence-electron chi connectivity index (χ3n) is 6.83. The molecule has 0 spiro atoms. The van der Waals surface area contributed by atoms with Gasteiger partial charge in [-0.1, -0.05) is 111 Å². The molecule has 0 N–H and O–H groups in total. The van der Waals surface area contributed by atoms with Crippen molar-refractivity contribution in [3.8, 4) is 0 Å². The van der Waals surface area contributed by atoms with E-state index in [0.717, 1.165) is 12.8 Å². The van der Waals surface area contributed by atoms with Crippen LogP contribution in [0.4, 0.5) is 0 Å². The predicted molar refractivity (Wildman–Crippen MR) is 151 cm³/mol. The number of unbranched alkanes of at least 4 members (excludes halogenated alkanes) is 9. The van der Waals surface area contributed by atoms with Gasteiger partial charge in [-0.15, -0.1) is 0 Å². The largest absolute Gasteiger partial charge is 0.744 e. The molecule has 0 atom stereocenters. The van der Waals surface area contributed by atoms with Gasteiger partial charge in [-0.05, 0) is 50.2 Å². The van der Waals surface area contributed by atoms with Crippen LogP contribution in [0.15, 0.2) is 29.2 Å². The smallest absolute Gasteiger partial charge is 0.124 e. The van der Waals surface area contributed by atoms with Crippen LogP contribution in [0, 0.1) is 0 Å². The molecule has 0 bridgehead atoms. The molecule has 1 aromatic rings. The van der Waals surface area contributed by atoms with E-state index in [4.69, 9.17) is 0 Å². The van der Waals surface area contributed by atoms with Crippen molar-refractivity contribution in [3.05, 3.63) is 29.8 Å². The molecule has 0 aliphatic heterocycles. The van der Waals surface area contributed by atoms with Crippen molar-refractivity contribution >= 4 is 10.1 Å². The average molecular weight is 512 g/mol. The Kier molecular flexibility index (Phi) is 20.7. The fourth-order valence-electron chi connectivity index (χ4n) is 5.33. The second-order valence-electron chi connectivity index (χ2n) is 10.2. The van der Waals surface area contributed by atoms with Gasteiger partial charge in [0.1, 0.15) is 10.1 Å². The molecule has 4 nitrogen and oxygen atoms in total. The quantitative estimate of drug-likeness (QED) is 0.100. The Labute approximate surface area is 219 Å². The normalized spacial score (nSPS) is 11.8. The number of hydrogen-bond acceptors (Lipinski definition) is 3. The molecule has 35 heavy (non-hydrogen) atoms. The van der Waals surface area contributed by atoms with Crippen LogP contribution in [-0.2, 0) is 16.5 Å². The van der Waals surface area contributed by atoms with Gasteiger partial charge in [0.25, 0.3) is 0 Å². The van der Waals surface area contributed by atoms with E-state index in [9.17, 15) is 13.0 Å². The summed E-state index contributed by atoms with van der Waals surface area (Å²) in [6.07, 6.45) is 18.5. The van der Waals surface area contributed by atoms with E-state index in [0.29, 0.717) is 12.0 Å². The van der Waals surface area contributed by atoms with Crippen molar-refractivity contribution in [2.75, 3.05) is 26.2 Å². The summed E-state index contributed by atoms with van der Waals surface area (Å²) >= 11 is 0. The first kappa shape index (κ1) is 34.1. The van der Waals surface area contributed by atoms with Crippen LogP contribution < -0.4 is 0 Å². The van der Waals surface area contributed by atoms with Gasteiger partial charge in [-0.2, -0.15) is 0 Å². The Balaban J connectivity index is 0.000000761. The van der Waals surface area contributed by atoms with E-state index in [1.54, 1.807) is 18.2 Å². The Morgan fingerprint density at radius 3 is 1.40 bits per heavy atom. The molecule has 0 saturated heterocycles. The molecule has 1 rings (SSSR count). The van der Waals surface area contributed by atoms with Crippen LogP contribution in [-0.4, -0.2) is 43.6 Å². The zero-order chi connectivity index (χ0) is 26.4. The van der Waals surface area contributed by atoms with E-state index in [2.05, 4.69) is 34.6 Å². The number of benzene rings is 1. The van der Waals surface area contributed by atoms with Crippen LogP contribution in [0.2, 0.25) is 0 Å². The Morgan fingerprint density at radius 2 is 1.00 bits per heavy atom. The van der Waals surface area contributed by atoms with Crippen molar-refractivity contribution < 1.29 is 17.5 Å².